The van der Waals surface area contributed by atoms with Gasteiger partial charge >= 0.3 is 13.2 Å². The molecule has 2 heterocycles. The summed E-state index contributed by atoms with van der Waals surface area (Å²) in [4.78, 5) is 52.0. The van der Waals surface area contributed by atoms with E-state index in [2.05, 4.69) is 9.47 Å². The summed E-state index contributed by atoms with van der Waals surface area (Å²) in [5.41, 5.74) is 0.0454. The number of hydrogen-bond donors (Lipinski definition) is 0. The van der Waals surface area contributed by atoms with Crippen LogP contribution in [0.3, 0.4) is 0 Å². The lowest BCUT2D eigenvalue weighted by molar-refractivity contribution is -0.146. The maximum Gasteiger partial charge on any atom is 0.387 e. The summed E-state index contributed by atoms with van der Waals surface area (Å²) in [6, 6.07) is 3.17. The molecule has 0 atom stereocenters. The number of carbonyl (C=O) groups is 4. The number of nitrogens with zero attached hydrogens (tertiary/aromatic N) is 3. The molecule has 0 N–H and O–H groups in total. The molecule has 13 heteroatoms. The normalized spacial score (nSPS) is 16.8. The van der Waals surface area contributed by atoms with E-state index >= 15 is 0 Å². The molecular weight excluding hydrogens is 466 g/mol. The summed E-state index contributed by atoms with van der Waals surface area (Å²) in [6.45, 7) is -5.96. The standard InChI is InChI=1S/C21H21F4N3O6/c22-20(23)33-14-3-1-13(15(11-14)34-21(24)25)2-4-16(29)26-7-9-27(10-8-26)19(32)12-28-17(30)5-6-18(28)31/h1-4,11,20-21H,5-10,12H2/b4-2+. The third kappa shape index (κ3) is 6.45. The Morgan fingerprint density at radius 1 is 0.912 bits per heavy atom. The Kier molecular flexibility index (Phi) is 8.08. The molecule has 0 aromatic heterocycles. The molecule has 1 aromatic carbocycles. The van der Waals surface area contributed by atoms with Crippen LogP contribution in [0.25, 0.3) is 6.08 Å². The van der Waals surface area contributed by atoms with Gasteiger partial charge in [-0.15, -0.1) is 0 Å². The minimum atomic E-state index is -3.22. The van der Waals surface area contributed by atoms with E-state index in [0.29, 0.717) is 0 Å². The van der Waals surface area contributed by atoms with Crippen LogP contribution in [0.4, 0.5) is 17.6 Å². The number of benzene rings is 1. The Labute approximate surface area is 191 Å². The highest BCUT2D eigenvalue weighted by molar-refractivity contribution is 6.04. The first-order valence-corrected chi connectivity index (χ1v) is 10.3. The number of alkyl halides is 4. The number of halogens is 4. The third-order valence-corrected chi connectivity index (χ3v) is 5.22. The zero-order valence-corrected chi connectivity index (χ0v) is 17.8. The van der Waals surface area contributed by atoms with Crippen molar-refractivity contribution in [2.24, 2.45) is 0 Å². The maximum atomic E-state index is 12.7. The van der Waals surface area contributed by atoms with Crippen LogP contribution in [0.2, 0.25) is 0 Å². The summed E-state index contributed by atoms with van der Waals surface area (Å²) in [5.74, 6) is -2.47. The van der Waals surface area contributed by atoms with Crippen molar-refractivity contribution < 1.29 is 46.2 Å². The predicted molar refractivity (Wildman–Crippen MR) is 108 cm³/mol. The van der Waals surface area contributed by atoms with E-state index in [1.165, 1.54) is 21.9 Å². The van der Waals surface area contributed by atoms with Crippen molar-refractivity contribution in [2.75, 3.05) is 32.7 Å². The second kappa shape index (κ2) is 11.0. The van der Waals surface area contributed by atoms with E-state index in [0.717, 1.165) is 23.1 Å². The van der Waals surface area contributed by atoms with E-state index in [-0.39, 0.29) is 68.7 Å². The quantitative estimate of drug-likeness (QED) is 0.315. The van der Waals surface area contributed by atoms with Crippen LogP contribution >= 0.6 is 0 Å². The first-order valence-electron chi connectivity index (χ1n) is 10.3. The lowest BCUT2D eigenvalue weighted by Gasteiger charge is -2.34. The fourth-order valence-corrected chi connectivity index (χ4v) is 3.50. The van der Waals surface area contributed by atoms with Gasteiger partial charge in [0.05, 0.1) is 0 Å². The van der Waals surface area contributed by atoms with Gasteiger partial charge in [0.2, 0.25) is 23.6 Å². The molecule has 2 fully saturated rings. The van der Waals surface area contributed by atoms with Gasteiger partial charge in [0, 0.05) is 56.7 Å². The zero-order chi connectivity index (χ0) is 24.8. The first-order chi connectivity index (χ1) is 16.1. The van der Waals surface area contributed by atoms with Gasteiger partial charge in [-0.1, -0.05) is 0 Å². The number of ether oxygens (including phenoxy) is 2. The fraction of sp³-hybridized carbons (Fsp3) is 0.429. The Balaban J connectivity index is 1.57. The summed E-state index contributed by atoms with van der Waals surface area (Å²) in [5, 5.41) is 0. The highest BCUT2D eigenvalue weighted by Gasteiger charge is 2.32. The van der Waals surface area contributed by atoms with Crippen LogP contribution in [0.5, 0.6) is 11.5 Å². The minimum absolute atomic E-state index is 0.0454. The number of hydrogen-bond acceptors (Lipinski definition) is 6. The number of likely N-dealkylation sites (tertiary alicyclic amines) is 1. The number of amides is 4. The van der Waals surface area contributed by atoms with Crippen LogP contribution in [0.1, 0.15) is 18.4 Å². The number of carbonyl (C=O) groups excluding carboxylic acids is 4. The molecule has 0 bridgehead atoms. The molecule has 2 saturated heterocycles. The molecular formula is C21H21F4N3O6. The van der Waals surface area contributed by atoms with Gasteiger partial charge in [0.1, 0.15) is 18.0 Å². The smallest absolute Gasteiger partial charge is 0.387 e. The van der Waals surface area contributed by atoms with Crippen molar-refractivity contribution in [1.29, 1.82) is 0 Å². The topological polar surface area (TPSA) is 96.5 Å². The van der Waals surface area contributed by atoms with Crippen molar-refractivity contribution in [3.8, 4) is 11.5 Å². The Hall–Kier alpha value is -3.64. The monoisotopic (exact) mass is 487 g/mol. The van der Waals surface area contributed by atoms with Gasteiger partial charge in [0.15, 0.2) is 0 Å². The van der Waals surface area contributed by atoms with Crippen molar-refractivity contribution in [2.45, 2.75) is 26.1 Å². The summed E-state index contributed by atoms with van der Waals surface area (Å²) in [7, 11) is 0. The molecule has 0 radical (unpaired) electrons. The average molecular weight is 487 g/mol. The summed E-state index contributed by atoms with van der Waals surface area (Å²) in [6.07, 6.45) is 2.49. The number of rotatable bonds is 8. The molecule has 0 unspecified atom stereocenters. The molecule has 2 aliphatic heterocycles. The van der Waals surface area contributed by atoms with Crippen molar-refractivity contribution in [1.82, 2.24) is 14.7 Å². The van der Waals surface area contributed by atoms with Gasteiger partial charge in [0.25, 0.3) is 0 Å². The number of imide groups is 1. The van der Waals surface area contributed by atoms with Crippen LogP contribution in [-0.4, -0.2) is 84.3 Å². The largest absolute Gasteiger partial charge is 0.435 e. The van der Waals surface area contributed by atoms with Gasteiger partial charge in [-0.3, -0.25) is 24.1 Å². The molecule has 3 rings (SSSR count). The fourth-order valence-electron chi connectivity index (χ4n) is 3.50. The van der Waals surface area contributed by atoms with Crippen LogP contribution < -0.4 is 9.47 Å². The molecule has 184 valence electrons. The average Bonchev–Trinajstić information content (AvgIpc) is 3.09. The van der Waals surface area contributed by atoms with Crippen LogP contribution in [0.15, 0.2) is 24.3 Å². The van der Waals surface area contributed by atoms with Gasteiger partial charge in [-0.25, -0.2) is 0 Å². The Bertz CT molecular complexity index is 963. The minimum Gasteiger partial charge on any atom is -0.435 e. The molecule has 0 aliphatic carbocycles. The molecule has 2 aliphatic rings. The first kappa shape index (κ1) is 25.0. The molecule has 0 spiro atoms. The van der Waals surface area contributed by atoms with Gasteiger partial charge < -0.3 is 19.3 Å². The highest BCUT2D eigenvalue weighted by atomic mass is 19.3. The Morgan fingerprint density at radius 3 is 2.09 bits per heavy atom. The van der Waals surface area contributed by atoms with E-state index in [1.807, 2.05) is 0 Å². The zero-order valence-electron chi connectivity index (χ0n) is 17.8. The molecule has 34 heavy (non-hydrogen) atoms. The highest BCUT2D eigenvalue weighted by Crippen LogP contribution is 2.28. The van der Waals surface area contributed by atoms with Crippen LogP contribution in [0, 0.1) is 0 Å². The lowest BCUT2D eigenvalue weighted by atomic mass is 10.1. The van der Waals surface area contributed by atoms with E-state index < -0.39 is 30.8 Å². The molecule has 0 saturated carbocycles. The van der Waals surface area contributed by atoms with Crippen molar-refractivity contribution in [3.63, 3.8) is 0 Å². The second-order valence-electron chi connectivity index (χ2n) is 7.37. The predicted octanol–water partition coefficient (Wildman–Crippen LogP) is 1.72. The van der Waals surface area contributed by atoms with Crippen molar-refractivity contribution >= 4 is 29.7 Å². The Morgan fingerprint density at radius 2 is 1.50 bits per heavy atom. The van der Waals surface area contributed by atoms with E-state index in [4.69, 9.17) is 0 Å². The number of piperazine rings is 1. The van der Waals surface area contributed by atoms with Gasteiger partial charge in [-0.05, 0) is 18.2 Å². The van der Waals surface area contributed by atoms with Crippen molar-refractivity contribution in [3.05, 3.63) is 29.8 Å². The summed E-state index contributed by atoms with van der Waals surface area (Å²) >= 11 is 0. The SMILES string of the molecule is O=C(/C=C/c1ccc(OC(F)F)cc1OC(F)F)N1CCN(C(=O)CN2C(=O)CCC2=O)CC1. The third-order valence-electron chi connectivity index (χ3n) is 5.22. The molecule has 1 aromatic rings. The van der Waals surface area contributed by atoms with E-state index in [1.54, 1.807) is 0 Å². The molecule has 4 amide bonds. The maximum absolute atomic E-state index is 12.7. The van der Waals surface area contributed by atoms with Crippen LogP contribution in [-0.2, 0) is 19.2 Å². The second-order valence-corrected chi connectivity index (χ2v) is 7.37. The van der Waals surface area contributed by atoms with E-state index in [9.17, 15) is 36.7 Å². The lowest BCUT2D eigenvalue weighted by Crippen LogP contribution is -2.52. The molecule has 9 nitrogen and oxygen atoms in total. The van der Waals surface area contributed by atoms with Gasteiger partial charge in [-0.2, -0.15) is 17.6 Å². The summed E-state index contributed by atoms with van der Waals surface area (Å²) < 4.78 is 58.6.